The Morgan fingerprint density at radius 3 is 2.88 bits per heavy atom. The van der Waals surface area contributed by atoms with Gasteiger partial charge in [-0.3, -0.25) is 4.90 Å². The van der Waals surface area contributed by atoms with Gasteiger partial charge in [0.15, 0.2) is 5.89 Å². The van der Waals surface area contributed by atoms with Crippen molar-refractivity contribution in [2.45, 2.75) is 58.2 Å². The number of oxazole rings is 1. The molecule has 4 heteroatoms. The quantitative estimate of drug-likeness (QED) is 0.871. The van der Waals surface area contributed by atoms with Gasteiger partial charge < -0.3 is 10.2 Å². The largest absolute Gasteiger partial charge is 0.449 e. The van der Waals surface area contributed by atoms with Crippen LogP contribution >= 0.6 is 0 Å². The van der Waals surface area contributed by atoms with E-state index in [-0.39, 0.29) is 6.04 Å². The van der Waals surface area contributed by atoms with Gasteiger partial charge in [-0.05, 0) is 40.2 Å². The zero-order valence-corrected chi connectivity index (χ0v) is 11.0. The van der Waals surface area contributed by atoms with Crippen molar-refractivity contribution in [2.75, 3.05) is 6.54 Å². The van der Waals surface area contributed by atoms with Crippen molar-refractivity contribution in [3.63, 3.8) is 0 Å². The smallest absolute Gasteiger partial charge is 0.195 e. The number of likely N-dealkylation sites (tertiary alicyclic amines) is 1. The fourth-order valence-electron chi connectivity index (χ4n) is 2.59. The SMILES string of the molecule is CC(N)c1coc(CC2CCCN2C(C)C)n1. The third-order valence-corrected chi connectivity index (χ3v) is 3.53. The lowest BCUT2D eigenvalue weighted by Gasteiger charge is -2.27. The molecule has 2 heterocycles. The lowest BCUT2D eigenvalue weighted by molar-refractivity contribution is 0.195. The molecule has 0 spiro atoms. The van der Waals surface area contributed by atoms with E-state index in [0.29, 0.717) is 12.1 Å². The van der Waals surface area contributed by atoms with Crippen molar-refractivity contribution in [1.82, 2.24) is 9.88 Å². The Bertz CT molecular complexity index is 359. The molecule has 1 aliphatic rings. The summed E-state index contributed by atoms with van der Waals surface area (Å²) in [6.07, 6.45) is 5.12. The van der Waals surface area contributed by atoms with E-state index >= 15 is 0 Å². The minimum atomic E-state index is -0.0442. The molecule has 4 nitrogen and oxygen atoms in total. The van der Waals surface area contributed by atoms with E-state index in [9.17, 15) is 0 Å². The van der Waals surface area contributed by atoms with Crippen LogP contribution in [0, 0.1) is 0 Å². The van der Waals surface area contributed by atoms with E-state index in [0.717, 1.165) is 18.0 Å². The lowest BCUT2D eigenvalue weighted by atomic mass is 10.1. The molecule has 0 saturated carbocycles. The molecule has 1 aromatic heterocycles. The van der Waals surface area contributed by atoms with Crippen LogP contribution < -0.4 is 5.73 Å². The van der Waals surface area contributed by atoms with E-state index in [4.69, 9.17) is 10.2 Å². The van der Waals surface area contributed by atoms with Gasteiger partial charge >= 0.3 is 0 Å². The average Bonchev–Trinajstić information content (AvgIpc) is 2.86. The molecule has 1 aromatic rings. The Labute approximate surface area is 103 Å². The fraction of sp³-hybridized carbons (Fsp3) is 0.769. The number of nitrogens with two attached hydrogens (primary N) is 1. The normalized spacial score (nSPS) is 23.5. The molecule has 0 aliphatic carbocycles. The first-order valence-corrected chi connectivity index (χ1v) is 6.53. The van der Waals surface area contributed by atoms with Crippen molar-refractivity contribution in [3.05, 3.63) is 17.8 Å². The average molecular weight is 237 g/mol. The van der Waals surface area contributed by atoms with Crippen molar-refractivity contribution >= 4 is 0 Å². The van der Waals surface area contributed by atoms with Crippen LogP contribution in [0.15, 0.2) is 10.7 Å². The monoisotopic (exact) mass is 237 g/mol. The summed E-state index contributed by atoms with van der Waals surface area (Å²) in [7, 11) is 0. The topological polar surface area (TPSA) is 55.3 Å². The first-order valence-electron chi connectivity index (χ1n) is 6.53. The Morgan fingerprint density at radius 1 is 1.53 bits per heavy atom. The second-order valence-corrected chi connectivity index (χ2v) is 5.29. The van der Waals surface area contributed by atoms with Crippen LogP contribution in [0.3, 0.4) is 0 Å². The Morgan fingerprint density at radius 2 is 2.29 bits per heavy atom. The number of hydrogen-bond donors (Lipinski definition) is 1. The van der Waals surface area contributed by atoms with Crippen LogP contribution in [0.1, 0.15) is 51.2 Å². The molecule has 0 amide bonds. The summed E-state index contributed by atoms with van der Waals surface area (Å²) in [5, 5.41) is 0. The number of hydrogen-bond acceptors (Lipinski definition) is 4. The molecular weight excluding hydrogens is 214 g/mol. The highest BCUT2D eigenvalue weighted by molar-refractivity contribution is 5.02. The zero-order chi connectivity index (χ0) is 12.4. The first kappa shape index (κ1) is 12.6. The van der Waals surface area contributed by atoms with Crippen LogP contribution in [0.4, 0.5) is 0 Å². The number of nitrogens with zero attached hydrogens (tertiary/aromatic N) is 2. The van der Waals surface area contributed by atoms with Crippen LogP contribution in [-0.2, 0) is 6.42 Å². The van der Waals surface area contributed by atoms with Gasteiger partial charge in [0.25, 0.3) is 0 Å². The molecule has 2 atom stereocenters. The molecule has 0 bridgehead atoms. The van der Waals surface area contributed by atoms with Crippen LogP contribution in [0.2, 0.25) is 0 Å². The minimum Gasteiger partial charge on any atom is -0.449 e. The first-order chi connectivity index (χ1) is 8.08. The van der Waals surface area contributed by atoms with Crippen molar-refractivity contribution in [3.8, 4) is 0 Å². The minimum absolute atomic E-state index is 0.0442. The fourth-order valence-corrected chi connectivity index (χ4v) is 2.59. The summed E-state index contributed by atoms with van der Waals surface area (Å²) in [6.45, 7) is 7.63. The molecule has 17 heavy (non-hydrogen) atoms. The van der Waals surface area contributed by atoms with Gasteiger partial charge in [0, 0.05) is 24.5 Å². The van der Waals surface area contributed by atoms with E-state index in [1.165, 1.54) is 19.4 Å². The highest BCUT2D eigenvalue weighted by Gasteiger charge is 2.28. The second kappa shape index (κ2) is 5.19. The molecule has 2 rings (SSSR count). The zero-order valence-electron chi connectivity index (χ0n) is 11.0. The van der Waals surface area contributed by atoms with Crippen molar-refractivity contribution in [1.29, 1.82) is 0 Å². The molecule has 2 N–H and O–H groups in total. The van der Waals surface area contributed by atoms with Gasteiger partial charge in [-0.15, -0.1) is 0 Å². The third-order valence-electron chi connectivity index (χ3n) is 3.53. The molecule has 1 aliphatic heterocycles. The second-order valence-electron chi connectivity index (χ2n) is 5.29. The summed E-state index contributed by atoms with van der Waals surface area (Å²) in [5.74, 6) is 0.829. The Kier molecular flexibility index (Phi) is 3.84. The molecule has 0 radical (unpaired) electrons. The van der Waals surface area contributed by atoms with Crippen LogP contribution in [-0.4, -0.2) is 28.5 Å². The highest BCUT2D eigenvalue weighted by Crippen LogP contribution is 2.23. The summed E-state index contributed by atoms with van der Waals surface area (Å²) in [6, 6.07) is 1.14. The van der Waals surface area contributed by atoms with E-state index in [2.05, 4.69) is 23.7 Å². The predicted octanol–water partition coefficient (Wildman–Crippen LogP) is 2.11. The predicted molar refractivity (Wildman–Crippen MR) is 67.7 cm³/mol. The summed E-state index contributed by atoms with van der Waals surface area (Å²) in [4.78, 5) is 6.99. The van der Waals surface area contributed by atoms with Gasteiger partial charge in [-0.2, -0.15) is 0 Å². The van der Waals surface area contributed by atoms with Gasteiger partial charge in [0.1, 0.15) is 6.26 Å². The lowest BCUT2D eigenvalue weighted by Crippen LogP contribution is -2.36. The summed E-state index contributed by atoms with van der Waals surface area (Å²) < 4.78 is 5.50. The van der Waals surface area contributed by atoms with Crippen LogP contribution in [0.25, 0.3) is 0 Å². The number of aromatic nitrogens is 1. The maximum atomic E-state index is 5.78. The maximum Gasteiger partial charge on any atom is 0.195 e. The van der Waals surface area contributed by atoms with E-state index in [1.807, 2.05) is 6.92 Å². The molecule has 96 valence electrons. The number of rotatable bonds is 4. The van der Waals surface area contributed by atoms with Gasteiger partial charge in [0.2, 0.25) is 0 Å². The maximum absolute atomic E-state index is 5.78. The standard InChI is InChI=1S/C13H23N3O/c1-9(2)16-6-4-5-11(16)7-13-15-12(8-17-13)10(3)14/h8-11H,4-7,14H2,1-3H3. The highest BCUT2D eigenvalue weighted by atomic mass is 16.3. The van der Waals surface area contributed by atoms with Crippen molar-refractivity contribution < 1.29 is 4.42 Å². The van der Waals surface area contributed by atoms with Gasteiger partial charge in [-0.25, -0.2) is 4.98 Å². The summed E-state index contributed by atoms with van der Waals surface area (Å²) in [5.41, 5.74) is 6.63. The van der Waals surface area contributed by atoms with Gasteiger partial charge in [0.05, 0.1) is 5.69 Å². The molecule has 1 fully saturated rings. The van der Waals surface area contributed by atoms with E-state index < -0.39 is 0 Å². The van der Waals surface area contributed by atoms with Crippen molar-refractivity contribution in [2.24, 2.45) is 5.73 Å². The van der Waals surface area contributed by atoms with E-state index in [1.54, 1.807) is 6.26 Å². The Balaban J connectivity index is 1.99. The molecular formula is C13H23N3O. The molecule has 0 aromatic carbocycles. The summed E-state index contributed by atoms with van der Waals surface area (Å²) >= 11 is 0. The van der Waals surface area contributed by atoms with Gasteiger partial charge in [-0.1, -0.05) is 0 Å². The Hall–Kier alpha value is -0.870. The third kappa shape index (κ3) is 2.87. The molecule has 2 unspecified atom stereocenters. The van der Waals surface area contributed by atoms with Crippen LogP contribution in [0.5, 0.6) is 0 Å². The molecule has 1 saturated heterocycles.